The van der Waals surface area contributed by atoms with Crippen molar-refractivity contribution in [2.24, 2.45) is 0 Å². The van der Waals surface area contributed by atoms with E-state index >= 15 is 0 Å². The van der Waals surface area contributed by atoms with E-state index in [0.29, 0.717) is 12.5 Å². The molecule has 3 nitrogen and oxygen atoms in total. The van der Waals surface area contributed by atoms with Crippen molar-refractivity contribution in [2.45, 2.75) is 43.4 Å². The van der Waals surface area contributed by atoms with Crippen LogP contribution in [0.4, 0.5) is 0 Å². The summed E-state index contributed by atoms with van der Waals surface area (Å²) in [4.78, 5) is 8.50. The molecule has 0 unspecified atom stereocenters. The molecule has 1 heterocycles. The third-order valence-electron chi connectivity index (χ3n) is 3.22. The molecule has 1 aromatic heterocycles. The largest absolute Gasteiger partial charge is 0.464 e. The second kappa shape index (κ2) is 6.19. The molecule has 0 bridgehead atoms. The molecule has 1 saturated carbocycles. The summed E-state index contributed by atoms with van der Waals surface area (Å²) in [5, 5.41) is 0. The molecule has 0 radical (unpaired) electrons. The molecule has 1 fully saturated rings. The number of nitrogens with zero attached hydrogens (tertiary/aromatic N) is 2. The van der Waals surface area contributed by atoms with Crippen molar-refractivity contribution < 1.29 is 4.74 Å². The summed E-state index contributed by atoms with van der Waals surface area (Å²) < 4.78 is 5.48. The van der Waals surface area contributed by atoms with Gasteiger partial charge in [-0.2, -0.15) is 0 Å². The maximum atomic E-state index is 5.48. The van der Waals surface area contributed by atoms with Crippen molar-refractivity contribution in [3.05, 3.63) is 18.1 Å². The minimum Gasteiger partial charge on any atom is -0.464 e. The van der Waals surface area contributed by atoms with Gasteiger partial charge in [0, 0.05) is 6.07 Å². The molecule has 0 N–H and O–H groups in total. The van der Waals surface area contributed by atoms with Gasteiger partial charge in [-0.3, -0.25) is 0 Å². The fourth-order valence-electron chi connectivity index (χ4n) is 2.21. The van der Waals surface area contributed by atoms with Gasteiger partial charge in [-0.1, -0.05) is 41.1 Å². The van der Waals surface area contributed by atoms with E-state index in [1.54, 1.807) is 13.3 Å². The summed E-state index contributed by atoms with van der Waals surface area (Å²) in [7, 11) is 0. The van der Waals surface area contributed by atoms with Crippen molar-refractivity contribution in [1.82, 2.24) is 9.97 Å². The molecular weight excluding hydrogens is 292 g/mol. The molecular formula is C14H17BrN2O. The van der Waals surface area contributed by atoms with Gasteiger partial charge in [-0.15, -0.1) is 5.92 Å². The fourth-order valence-corrected chi connectivity index (χ4v) is 2.99. The van der Waals surface area contributed by atoms with Gasteiger partial charge in [0.2, 0.25) is 5.88 Å². The van der Waals surface area contributed by atoms with E-state index < -0.39 is 0 Å². The van der Waals surface area contributed by atoms with Gasteiger partial charge in [-0.05, 0) is 19.8 Å². The monoisotopic (exact) mass is 308 g/mol. The molecule has 0 atom stereocenters. The summed E-state index contributed by atoms with van der Waals surface area (Å²) in [6.07, 6.45) is 7.62. The van der Waals surface area contributed by atoms with Crippen LogP contribution in [0.25, 0.3) is 0 Å². The van der Waals surface area contributed by atoms with Gasteiger partial charge in [0.15, 0.2) is 6.61 Å². The average molecular weight is 309 g/mol. The molecule has 0 aromatic carbocycles. The van der Waals surface area contributed by atoms with E-state index in [4.69, 9.17) is 4.74 Å². The Kier molecular flexibility index (Phi) is 4.60. The Morgan fingerprint density at radius 1 is 1.33 bits per heavy atom. The first-order valence-electron chi connectivity index (χ1n) is 6.28. The minimum absolute atomic E-state index is 0.00271. The third-order valence-corrected chi connectivity index (χ3v) is 4.42. The zero-order chi connectivity index (χ0) is 12.8. The Bertz CT molecular complexity index is 458. The van der Waals surface area contributed by atoms with Crippen LogP contribution in [-0.4, -0.2) is 16.6 Å². The lowest BCUT2D eigenvalue weighted by atomic mass is 9.86. The van der Waals surface area contributed by atoms with Crippen LogP contribution in [0, 0.1) is 11.8 Å². The molecule has 4 heteroatoms. The van der Waals surface area contributed by atoms with Crippen LogP contribution in [-0.2, 0) is 4.32 Å². The van der Waals surface area contributed by atoms with Crippen molar-refractivity contribution >= 4 is 15.9 Å². The second-order valence-electron chi connectivity index (χ2n) is 4.48. The van der Waals surface area contributed by atoms with Gasteiger partial charge >= 0.3 is 0 Å². The van der Waals surface area contributed by atoms with E-state index in [9.17, 15) is 0 Å². The number of alkyl halides is 1. The standard InChI is InChI=1S/C14H17BrN2O/c1-2-3-9-18-13-10-12(16-11-17-13)14(15)7-5-4-6-8-14/h10-11H,4-9H2,1H3. The Labute approximate surface area is 116 Å². The molecule has 0 saturated heterocycles. The quantitative estimate of drug-likeness (QED) is 0.634. The number of ether oxygens (including phenoxy) is 1. The SMILES string of the molecule is CC#CCOc1cc(C2(Br)CCCCC2)ncn1. The highest BCUT2D eigenvalue weighted by atomic mass is 79.9. The number of hydrogen-bond donors (Lipinski definition) is 0. The highest BCUT2D eigenvalue weighted by molar-refractivity contribution is 9.09. The Balaban J connectivity index is 2.12. The van der Waals surface area contributed by atoms with E-state index in [1.165, 1.54) is 19.3 Å². The van der Waals surface area contributed by atoms with Gasteiger partial charge in [0.1, 0.15) is 6.33 Å². The molecule has 1 aliphatic rings. The van der Waals surface area contributed by atoms with Gasteiger partial charge in [-0.25, -0.2) is 9.97 Å². The van der Waals surface area contributed by atoms with E-state index in [0.717, 1.165) is 18.5 Å². The van der Waals surface area contributed by atoms with Crippen LogP contribution >= 0.6 is 15.9 Å². The smallest absolute Gasteiger partial charge is 0.217 e. The Morgan fingerprint density at radius 3 is 2.83 bits per heavy atom. The lowest BCUT2D eigenvalue weighted by Crippen LogP contribution is -2.23. The van der Waals surface area contributed by atoms with Crippen LogP contribution in [0.15, 0.2) is 12.4 Å². The van der Waals surface area contributed by atoms with Gasteiger partial charge in [0.05, 0.1) is 10.0 Å². The third kappa shape index (κ3) is 3.23. The summed E-state index contributed by atoms with van der Waals surface area (Å²) >= 11 is 3.85. The molecule has 2 rings (SSSR count). The first-order valence-corrected chi connectivity index (χ1v) is 7.08. The summed E-state index contributed by atoms with van der Waals surface area (Å²) in [5.41, 5.74) is 1.02. The van der Waals surface area contributed by atoms with E-state index in [-0.39, 0.29) is 4.32 Å². The summed E-state index contributed by atoms with van der Waals surface area (Å²) in [5.74, 6) is 6.26. The molecule has 0 aliphatic heterocycles. The highest BCUT2D eigenvalue weighted by Crippen LogP contribution is 2.44. The first kappa shape index (κ1) is 13.4. The molecule has 1 aliphatic carbocycles. The van der Waals surface area contributed by atoms with Crippen LogP contribution in [0.3, 0.4) is 0 Å². The Morgan fingerprint density at radius 2 is 2.11 bits per heavy atom. The van der Waals surface area contributed by atoms with Crippen LogP contribution in [0.5, 0.6) is 5.88 Å². The molecule has 18 heavy (non-hydrogen) atoms. The predicted molar refractivity (Wildman–Crippen MR) is 74.7 cm³/mol. The number of aromatic nitrogens is 2. The zero-order valence-corrected chi connectivity index (χ0v) is 12.2. The van der Waals surface area contributed by atoms with E-state index in [1.807, 2.05) is 6.07 Å². The van der Waals surface area contributed by atoms with Crippen molar-refractivity contribution in [2.75, 3.05) is 6.61 Å². The maximum Gasteiger partial charge on any atom is 0.217 e. The molecule has 1 aromatic rings. The topological polar surface area (TPSA) is 35.0 Å². The lowest BCUT2D eigenvalue weighted by Gasteiger charge is -2.30. The van der Waals surface area contributed by atoms with Crippen LogP contribution in [0.2, 0.25) is 0 Å². The van der Waals surface area contributed by atoms with Gasteiger partial charge < -0.3 is 4.74 Å². The molecule has 0 amide bonds. The number of rotatable bonds is 3. The lowest BCUT2D eigenvalue weighted by molar-refractivity contribution is 0.350. The fraction of sp³-hybridized carbons (Fsp3) is 0.571. The van der Waals surface area contributed by atoms with E-state index in [2.05, 4.69) is 37.7 Å². The summed E-state index contributed by atoms with van der Waals surface area (Å²) in [6, 6.07) is 1.93. The normalized spacial score (nSPS) is 17.7. The van der Waals surface area contributed by atoms with Gasteiger partial charge in [0.25, 0.3) is 0 Å². The Hall–Kier alpha value is -1.08. The van der Waals surface area contributed by atoms with Crippen LogP contribution < -0.4 is 4.74 Å². The first-order chi connectivity index (χ1) is 8.74. The van der Waals surface area contributed by atoms with Crippen molar-refractivity contribution in [1.29, 1.82) is 0 Å². The zero-order valence-electron chi connectivity index (χ0n) is 10.6. The maximum absolute atomic E-state index is 5.48. The minimum atomic E-state index is 0.00271. The number of halogens is 1. The predicted octanol–water partition coefficient (Wildman–Crippen LogP) is 3.43. The van der Waals surface area contributed by atoms with Crippen LogP contribution in [0.1, 0.15) is 44.7 Å². The number of hydrogen-bond acceptors (Lipinski definition) is 3. The molecule has 0 spiro atoms. The highest BCUT2D eigenvalue weighted by Gasteiger charge is 2.32. The molecule has 96 valence electrons. The summed E-state index contributed by atoms with van der Waals surface area (Å²) in [6.45, 7) is 2.17. The van der Waals surface area contributed by atoms with Crippen molar-refractivity contribution in [3.8, 4) is 17.7 Å². The average Bonchev–Trinajstić information content (AvgIpc) is 2.40. The second-order valence-corrected chi connectivity index (χ2v) is 6.00. The van der Waals surface area contributed by atoms with Crippen molar-refractivity contribution in [3.63, 3.8) is 0 Å².